The molecular formula is C15H24BrNO. The van der Waals surface area contributed by atoms with Crippen LogP contribution in [0.15, 0.2) is 22.7 Å². The molecular weight excluding hydrogens is 290 g/mol. The first-order valence-corrected chi connectivity index (χ1v) is 7.41. The van der Waals surface area contributed by atoms with E-state index in [2.05, 4.69) is 48.1 Å². The molecule has 0 amide bonds. The molecule has 0 bridgehead atoms. The SMILES string of the molecule is CCC(C)CC(C)NCc1cc(OC)ccc1Br. The molecule has 2 unspecified atom stereocenters. The molecule has 1 rings (SSSR count). The average Bonchev–Trinajstić information content (AvgIpc) is 2.37. The molecule has 1 aromatic rings. The van der Waals surface area contributed by atoms with Crippen LogP contribution in [-0.4, -0.2) is 13.2 Å². The summed E-state index contributed by atoms with van der Waals surface area (Å²) in [7, 11) is 1.70. The number of nitrogens with one attached hydrogen (secondary N) is 1. The normalized spacial score (nSPS) is 14.3. The van der Waals surface area contributed by atoms with E-state index in [0.717, 1.165) is 22.7 Å². The number of halogens is 1. The van der Waals surface area contributed by atoms with Crippen molar-refractivity contribution < 1.29 is 4.74 Å². The largest absolute Gasteiger partial charge is 0.497 e. The lowest BCUT2D eigenvalue weighted by Gasteiger charge is -2.18. The molecule has 0 fully saturated rings. The van der Waals surface area contributed by atoms with Crippen LogP contribution in [0.5, 0.6) is 5.75 Å². The van der Waals surface area contributed by atoms with Gasteiger partial charge >= 0.3 is 0 Å². The molecule has 0 saturated carbocycles. The van der Waals surface area contributed by atoms with Crippen LogP contribution in [0.2, 0.25) is 0 Å². The minimum atomic E-state index is 0.540. The molecule has 2 nitrogen and oxygen atoms in total. The first kappa shape index (κ1) is 15.5. The van der Waals surface area contributed by atoms with Crippen molar-refractivity contribution >= 4 is 15.9 Å². The van der Waals surface area contributed by atoms with Crippen LogP contribution in [0.25, 0.3) is 0 Å². The summed E-state index contributed by atoms with van der Waals surface area (Å²) in [5.41, 5.74) is 1.24. The highest BCUT2D eigenvalue weighted by atomic mass is 79.9. The molecule has 2 atom stereocenters. The zero-order valence-electron chi connectivity index (χ0n) is 11.8. The molecule has 0 aromatic heterocycles. The van der Waals surface area contributed by atoms with Crippen molar-refractivity contribution in [3.63, 3.8) is 0 Å². The van der Waals surface area contributed by atoms with Gasteiger partial charge in [0.25, 0.3) is 0 Å². The lowest BCUT2D eigenvalue weighted by molar-refractivity contribution is 0.406. The second-order valence-corrected chi connectivity index (χ2v) is 5.84. The number of rotatable bonds is 7. The van der Waals surface area contributed by atoms with Crippen LogP contribution in [-0.2, 0) is 6.54 Å². The van der Waals surface area contributed by atoms with Crippen molar-refractivity contribution in [1.29, 1.82) is 0 Å². The Kier molecular flexibility index (Phi) is 6.72. The quantitative estimate of drug-likeness (QED) is 0.807. The maximum Gasteiger partial charge on any atom is 0.119 e. The first-order valence-electron chi connectivity index (χ1n) is 6.62. The molecule has 1 N–H and O–H groups in total. The Bertz CT molecular complexity index is 368. The van der Waals surface area contributed by atoms with Crippen LogP contribution in [0.1, 0.15) is 39.2 Å². The van der Waals surface area contributed by atoms with Gasteiger partial charge in [0.15, 0.2) is 0 Å². The number of hydrogen-bond acceptors (Lipinski definition) is 2. The van der Waals surface area contributed by atoms with Gasteiger partial charge in [0.1, 0.15) is 5.75 Å². The van der Waals surface area contributed by atoms with Gasteiger partial charge in [0.2, 0.25) is 0 Å². The Balaban J connectivity index is 2.52. The number of ether oxygens (including phenoxy) is 1. The molecule has 18 heavy (non-hydrogen) atoms. The van der Waals surface area contributed by atoms with Gasteiger partial charge in [-0.2, -0.15) is 0 Å². The van der Waals surface area contributed by atoms with Gasteiger partial charge in [0, 0.05) is 17.1 Å². The van der Waals surface area contributed by atoms with Crippen LogP contribution in [0, 0.1) is 5.92 Å². The van der Waals surface area contributed by atoms with E-state index < -0.39 is 0 Å². The highest BCUT2D eigenvalue weighted by molar-refractivity contribution is 9.10. The molecule has 0 aliphatic carbocycles. The predicted molar refractivity (Wildman–Crippen MR) is 81.1 cm³/mol. The molecule has 3 heteroatoms. The van der Waals surface area contributed by atoms with Crippen molar-refractivity contribution in [2.45, 2.75) is 46.2 Å². The summed E-state index contributed by atoms with van der Waals surface area (Å²) in [5, 5.41) is 3.57. The van der Waals surface area contributed by atoms with Crippen molar-refractivity contribution in [3.8, 4) is 5.75 Å². The van der Waals surface area contributed by atoms with Crippen LogP contribution >= 0.6 is 15.9 Å². The maximum atomic E-state index is 5.25. The molecule has 0 spiro atoms. The second-order valence-electron chi connectivity index (χ2n) is 4.99. The lowest BCUT2D eigenvalue weighted by atomic mass is 10.0. The third kappa shape index (κ3) is 4.99. The van der Waals surface area contributed by atoms with Crippen LogP contribution in [0.4, 0.5) is 0 Å². The van der Waals surface area contributed by atoms with Gasteiger partial charge in [-0.1, -0.05) is 36.2 Å². The standard InChI is InChI=1S/C15H24BrNO/c1-5-11(2)8-12(3)17-10-13-9-14(18-4)6-7-15(13)16/h6-7,9,11-12,17H,5,8,10H2,1-4H3. The summed E-state index contributed by atoms with van der Waals surface area (Å²) in [6, 6.07) is 6.62. The first-order chi connectivity index (χ1) is 8.56. The van der Waals surface area contributed by atoms with Gasteiger partial charge in [-0.15, -0.1) is 0 Å². The Hall–Kier alpha value is -0.540. The van der Waals surface area contributed by atoms with Crippen molar-refractivity contribution in [3.05, 3.63) is 28.2 Å². The zero-order chi connectivity index (χ0) is 13.5. The Morgan fingerprint density at radius 3 is 2.67 bits per heavy atom. The molecule has 0 heterocycles. The second kappa shape index (κ2) is 7.80. The fourth-order valence-corrected chi connectivity index (χ4v) is 2.34. The minimum Gasteiger partial charge on any atom is -0.497 e. The molecule has 1 aromatic carbocycles. The summed E-state index contributed by atoms with van der Waals surface area (Å²) in [4.78, 5) is 0. The minimum absolute atomic E-state index is 0.540. The summed E-state index contributed by atoms with van der Waals surface area (Å²) >= 11 is 3.58. The maximum absolute atomic E-state index is 5.25. The third-order valence-corrected chi connectivity index (χ3v) is 4.12. The lowest BCUT2D eigenvalue weighted by Crippen LogP contribution is -2.27. The van der Waals surface area contributed by atoms with E-state index in [9.17, 15) is 0 Å². The van der Waals surface area contributed by atoms with Crippen molar-refractivity contribution in [2.24, 2.45) is 5.92 Å². The van der Waals surface area contributed by atoms with Gasteiger partial charge in [-0.25, -0.2) is 0 Å². The van der Waals surface area contributed by atoms with E-state index in [1.165, 1.54) is 18.4 Å². The molecule has 0 aliphatic heterocycles. The van der Waals surface area contributed by atoms with Crippen molar-refractivity contribution in [1.82, 2.24) is 5.32 Å². The zero-order valence-corrected chi connectivity index (χ0v) is 13.4. The molecule has 0 aliphatic rings. The Morgan fingerprint density at radius 2 is 2.06 bits per heavy atom. The number of benzene rings is 1. The number of methoxy groups -OCH3 is 1. The van der Waals surface area contributed by atoms with Crippen LogP contribution < -0.4 is 10.1 Å². The monoisotopic (exact) mass is 313 g/mol. The molecule has 0 radical (unpaired) electrons. The molecule has 0 saturated heterocycles. The van der Waals surface area contributed by atoms with Crippen LogP contribution in [0.3, 0.4) is 0 Å². The van der Waals surface area contributed by atoms with E-state index in [1.54, 1.807) is 7.11 Å². The van der Waals surface area contributed by atoms with Gasteiger partial charge in [-0.05, 0) is 43.0 Å². The van der Waals surface area contributed by atoms with Gasteiger partial charge < -0.3 is 10.1 Å². The highest BCUT2D eigenvalue weighted by Gasteiger charge is 2.08. The summed E-state index contributed by atoms with van der Waals surface area (Å²) in [6.07, 6.45) is 2.47. The van der Waals surface area contributed by atoms with E-state index in [-0.39, 0.29) is 0 Å². The summed E-state index contributed by atoms with van der Waals surface area (Å²) in [5.74, 6) is 1.69. The highest BCUT2D eigenvalue weighted by Crippen LogP contribution is 2.22. The summed E-state index contributed by atoms with van der Waals surface area (Å²) in [6.45, 7) is 7.67. The average molecular weight is 314 g/mol. The predicted octanol–water partition coefficient (Wildman–Crippen LogP) is 4.37. The number of hydrogen-bond donors (Lipinski definition) is 1. The summed E-state index contributed by atoms with van der Waals surface area (Å²) < 4.78 is 6.38. The van der Waals surface area contributed by atoms with Gasteiger partial charge in [-0.3, -0.25) is 0 Å². The van der Waals surface area contributed by atoms with Gasteiger partial charge in [0.05, 0.1) is 7.11 Å². The topological polar surface area (TPSA) is 21.3 Å². The van der Waals surface area contributed by atoms with E-state index in [4.69, 9.17) is 4.74 Å². The fourth-order valence-electron chi connectivity index (χ4n) is 1.95. The smallest absolute Gasteiger partial charge is 0.119 e. The Labute approximate surface area is 119 Å². The van der Waals surface area contributed by atoms with Crippen molar-refractivity contribution in [2.75, 3.05) is 7.11 Å². The van der Waals surface area contributed by atoms with E-state index >= 15 is 0 Å². The van der Waals surface area contributed by atoms with E-state index in [0.29, 0.717) is 6.04 Å². The Morgan fingerprint density at radius 1 is 1.33 bits per heavy atom. The third-order valence-electron chi connectivity index (χ3n) is 3.35. The van der Waals surface area contributed by atoms with E-state index in [1.807, 2.05) is 12.1 Å². The fraction of sp³-hybridized carbons (Fsp3) is 0.600. The molecule has 102 valence electrons.